The van der Waals surface area contributed by atoms with Gasteiger partial charge in [-0.1, -0.05) is 42.0 Å². The van der Waals surface area contributed by atoms with E-state index in [4.69, 9.17) is 0 Å². The van der Waals surface area contributed by atoms with Gasteiger partial charge in [-0.2, -0.15) is 0 Å². The van der Waals surface area contributed by atoms with Gasteiger partial charge in [-0.15, -0.1) is 0 Å². The quantitative estimate of drug-likeness (QED) is 0.725. The molecule has 5 nitrogen and oxygen atoms in total. The van der Waals surface area contributed by atoms with Crippen LogP contribution >= 0.6 is 0 Å². The zero-order valence-corrected chi connectivity index (χ0v) is 15.9. The Hall–Kier alpha value is -3.12. The highest BCUT2D eigenvalue weighted by Crippen LogP contribution is 2.22. The van der Waals surface area contributed by atoms with Crippen molar-refractivity contribution in [3.63, 3.8) is 0 Å². The second-order valence-corrected chi connectivity index (χ2v) is 8.13. The van der Waals surface area contributed by atoms with E-state index in [2.05, 4.69) is 5.32 Å². The molecule has 1 N–H and O–H groups in total. The minimum atomic E-state index is -3.77. The number of nitrogens with zero attached hydrogens (tertiary/aromatic N) is 1. The van der Waals surface area contributed by atoms with Crippen molar-refractivity contribution in [3.05, 3.63) is 90.0 Å². The molecule has 3 aromatic rings. The summed E-state index contributed by atoms with van der Waals surface area (Å²) in [6, 6.07) is 22.2. The van der Waals surface area contributed by atoms with Crippen LogP contribution in [-0.2, 0) is 10.0 Å². The van der Waals surface area contributed by atoms with E-state index in [1.54, 1.807) is 48.5 Å². The first-order chi connectivity index (χ1) is 12.9. The monoisotopic (exact) mass is 380 g/mol. The molecular formula is C21H20N2O3S. The van der Waals surface area contributed by atoms with E-state index in [9.17, 15) is 13.2 Å². The second-order valence-electron chi connectivity index (χ2n) is 6.16. The van der Waals surface area contributed by atoms with Crippen molar-refractivity contribution in [1.82, 2.24) is 0 Å². The van der Waals surface area contributed by atoms with Crippen molar-refractivity contribution in [2.24, 2.45) is 0 Å². The summed E-state index contributed by atoms with van der Waals surface area (Å²) < 4.78 is 27.0. The van der Waals surface area contributed by atoms with Crippen LogP contribution in [0.2, 0.25) is 0 Å². The van der Waals surface area contributed by atoms with E-state index >= 15 is 0 Å². The Morgan fingerprint density at radius 2 is 1.56 bits per heavy atom. The zero-order valence-electron chi connectivity index (χ0n) is 15.1. The lowest BCUT2D eigenvalue weighted by atomic mass is 10.2. The molecule has 3 rings (SSSR count). The van der Waals surface area contributed by atoms with Gasteiger partial charge < -0.3 is 5.32 Å². The molecule has 0 aromatic heterocycles. The van der Waals surface area contributed by atoms with Crippen LogP contribution < -0.4 is 9.62 Å². The molecule has 0 bridgehead atoms. The van der Waals surface area contributed by atoms with Crippen molar-refractivity contribution in [1.29, 1.82) is 0 Å². The summed E-state index contributed by atoms with van der Waals surface area (Å²) in [7, 11) is -2.28. The van der Waals surface area contributed by atoms with Crippen LogP contribution in [0.1, 0.15) is 15.9 Å². The van der Waals surface area contributed by atoms with Crippen LogP contribution in [0, 0.1) is 6.92 Å². The first kappa shape index (κ1) is 18.7. The molecular weight excluding hydrogens is 360 g/mol. The predicted molar refractivity (Wildman–Crippen MR) is 108 cm³/mol. The Bertz CT molecular complexity index is 1050. The number of sulfonamides is 1. The van der Waals surface area contributed by atoms with Gasteiger partial charge in [0.25, 0.3) is 15.9 Å². The van der Waals surface area contributed by atoms with Gasteiger partial charge in [0, 0.05) is 18.3 Å². The maximum atomic E-state index is 12.9. The standard InChI is InChI=1S/C21H20N2O3S/c1-16-11-13-18(14-12-16)22-21(24)17-7-6-10-20(15-17)27(25,26)23(2)19-8-4-3-5-9-19/h3-15H,1-2H3,(H,22,24). The topological polar surface area (TPSA) is 66.5 Å². The van der Waals surface area contributed by atoms with Gasteiger partial charge in [-0.25, -0.2) is 8.42 Å². The molecule has 27 heavy (non-hydrogen) atoms. The SMILES string of the molecule is Cc1ccc(NC(=O)c2cccc(S(=O)(=O)N(C)c3ccccc3)c2)cc1. The highest BCUT2D eigenvalue weighted by Gasteiger charge is 2.22. The number of aryl methyl sites for hydroxylation is 1. The number of carbonyl (C=O) groups is 1. The lowest BCUT2D eigenvalue weighted by molar-refractivity contribution is 0.102. The maximum Gasteiger partial charge on any atom is 0.264 e. The fraction of sp³-hybridized carbons (Fsp3) is 0.0952. The lowest BCUT2D eigenvalue weighted by Gasteiger charge is -2.19. The minimum absolute atomic E-state index is 0.0606. The molecule has 1 amide bonds. The van der Waals surface area contributed by atoms with Crippen molar-refractivity contribution in [2.45, 2.75) is 11.8 Å². The molecule has 0 heterocycles. The van der Waals surface area contributed by atoms with E-state index in [1.165, 1.54) is 23.5 Å². The van der Waals surface area contributed by atoms with Crippen LogP contribution in [0.3, 0.4) is 0 Å². The number of rotatable bonds is 5. The molecule has 0 unspecified atom stereocenters. The summed E-state index contributed by atoms with van der Waals surface area (Å²) >= 11 is 0. The van der Waals surface area contributed by atoms with Gasteiger partial charge in [-0.3, -0.25) is 9.10 Å². The Morgan fingerprint density at radius 3 is 2.22 bits per heavy atom. The zero-order chi connectivity index (χ0) is 19.4. The number of benzene rings is 3. The molecule has 0 saturated heterocycles. The minimum Gasteiger partial charge on any atom is -0.322 e. The largest absolute Gasteiger partial charge is 0.322 e. The van der Waals surface area contributed by atoms with Crippen molar-refractivity contribution < 1.29 is 13.2 Å². The molecule has 0 saturated carbocycles. The van der Waals surface area contributed by atoms with Crippen molar-refractivity contribution >= 4 is 27.3 Å². The molecule has 0 fully saturated rings. The molecule has 3 aromatic carbocycles. The third-order valence-electron chi connectivity index (χ3n) is 4.18. The number of para-hydroxylation sites is 1. The van der Waals surface area contributed by atoms with Crippen LogP contribution in [0.4, 0.5) is 11.4 Å². The molecule has 0 aliphatic carbocycles. The third kappa shape index (κ3) is 4.17. The van der Waals surface area contributed by atoms with Gasteiger partial charge >= 0.3 is 0 Å². The number of amides is 1. The normalized spacial score (nSPS) is 11.0. The highest BCUT2D eigenvalue weighted by atomic mass is 32.2. The Morgan fingerprint density at radius 1 is 0.889 bits per heavy atom. The predicted octanol–water partition coefficient (Wildman–Crippen LogP) is 4.07. The number of anilines is 2. The maximum absolute atomic E-state index is 12.9. The molecule has 0 aliphatic rings. The average molecular weight is 380 g/mol. The Balaban J connectivity index is 1.86. The summed E-state index contributed by atoms with van der Waals surface area (Å²) in [5.74, 6) is -0.363. The van der Waals surface area contributed by atoms with Gasteiger partial charge in [0.15, 0.2) is 0 Å². The molecule has 138 valence electrons. The van der Waals surface area contributed by atoms with Gasteiger partial charge in [-0.05, 0) is 49.4 Å². The fourth-order valence-corrected chi connectivity index (χ4v) is 3.81. The average Bonchev–Trinajstić information content (AvgIpc) is 2.70. The van der Waals surface area contributed by atoms with Gasteiger partial charge in [0.05, 0.1) is 10.6 Å². The van der Waals surface area contributed by atoms with Gasteiger partial charge in [0.2, 0.25) is 0 Å². The van der Waals surface area contributed by atoms with Crippen LogP contribution in [0.15, 0.2) is 83.8 Å². The summed E-state index contributed by atoms with van der Waals surface area (Å²) in [6.45, 7) is 1.96. The van der Waals surface area contributed by atoms with Crippen molar-refractivity contribution in [2.75, 3.05) is 16.7 Å². The van der Waals surface area contributed by atoms with E-state index in [0.717, 1.165) is 5.56 Å². The number of hydrogen-bond donors (Lipinski definition) is 1. The molecule has 0 atom stereocenters. The van der Waals surface area contributed by atoms with E-state index in [1.807, 2.05) is 25.1 Å². The summed E-state index contributed by atoms with van der Waals surface area (Å²) in [6.07, 6.45) is 0. The van der Waals surface area contributed by atoms with Gasteiger partial charge in [0.1, 0.15) is 0 Å². The molecule has 0 spiro atoms. The number of nitrogens with one attached hydrogen (secondary N) is 1. The van der Waals surface area contributed by atoms with Crippen LogP contribution in [0.5, 0.6) is 0 Å². The van der Waals surface area contributed by atoms with Crippen molar-refractivity contribution in [3.8, 4) is 0 Å². The number of hydrogen-bond acceptors (Lipinski definition) is 3. The highest BCUT2D eigenvalue weighted by molar-refractivity contribution is 7.92. The Kier molecular flexibility index (Phi) is 5.28. The van der Waals surface area contributed by atoms with Crippen LogP contribution in [-0.4, -0.2) is 21.4 Å². The smallest absolute Gasteiger partial charge is 0.264 e. The first-order valence-corrected chi connectivity index (χ1v) is 9.84. The molecule has 6 heteroatoms. The molecule has 0 radical (unpaired) electrons. The first-order valence-electron chi connectivity index (χ1n) is 8.40. The van der Waals surface area contributed by atoms with Crippen LogP contribution in [0.25, 0.3) is 0 Å². The van der Waals surface area contributed by atoms with E-state index < -0.39 is 10.0 Å². The lowest BCUT2D eigenvalue weighted by Crippen LogP contribution is -2.26. The molecule has 0 aliphatic heterocycles. The van der Waals surface area contributed by atoms with E-state index in [-0.39, 0.29) is 16.4 Å². The summed E-state index contributed by atoms with van der Waals surface area (Å²) in [4.78, 5) is 12.6. The van der Waals surface area contributed by atoms with E-state index in [0.29, 0.717) is 11.4 Å². The number of carbonyl (C=O) groups excluding carboxylic acids is 1. The second kappa shape index (κ2) is 7.63. The Labute approximate surface area is 159 Å². The summed E-state index contributed by atoms with van der Waals surface area (Å²) in [5.41, 5.74) is 2.57. The fourth-order valence-electron chi connectivity index (χ4n) is 2.57. The summed E-state index contributed by atoms with van der Waals surface area (Å²) in [5, 5.41) is 2.78. The third-order valence-corrected chi connectivity index (χ3v) is 5.97.